The molecule has 2 rings (SSSR count). The van der Waals surface area contributed by atoms with Crippen LogP contribution in [0.5, 0.6) is 5.75 Å². The van der Waals surface area contributed by atoms with Crippen LogP contribution in [0.25, 0.3) is 0 Å². The van der Waals surface area contributed by atoms with Crippen LogP contribution in [0.3, 0.4) is 0 Å². The Hall–Kier alpha value is -1.20. The Morgan fingerprint density at radius 3 is 2.82 bits per heavy atom. The molecule has 0 aliphatic heterocycles. The summed E-state index contributed by atoms with van der Waals surface area (Å²) in [5.41, 5.74) is 0.616. The van der Waals surface area contributed by atoms with E-state index >= 15 is 0 Å². The van der Waals surface area contributed by atoms with Gasteiger partial charge in [-0.3, -0.25) is 4.98 Å². The maximum atomic E-state index is 13.0. The van der Waals surface area contributed by atoms with Gasteiger partial charge in [0.25, 0.3) is 0 Å². The second kappa shape index (κ2) is 5.42. The molecule has 0 aliphatic carbocycles. The van der Waals surface area contributed by atoms with Crippen LogP contribution in [0.15, 0.2) is 35.1 Å². The van der Waals surface area contributed by atoms with E-state index in [0.29, 0.717) is 21.1 Å². The molecule has 3 nitrogen and oxygen atoms in total. The van der Waals surface area contributed by atoms with Crippen molar-refractivity contribution in [1.29, 1.82) is 0 Å². The van der Waals surface area contributed by atoms with Gasteiger partial charge in [0.15, 0.2) is 0 Å². The van der Waals surface area contributed by atoms with Crippen LogP contribution in [-0.2, 0) is 6.61 Å². The molecule has 0 bridgehead atoms. The van der Waals surface area contributed by atoms with Crippen molar-refractivity contribution in [3.8, 4) is 5.75 Å². The van der Waals surface area contributed by atoms with Gasteiger partial charge in [-0.05, 0) is 28.1 Å². The Labute approximate surface area is 111 Å². The first kappa shape index (κ1) is 12.3. The minimum atomic E-state index is -0.356. The highest BCUT2D eigenvalue weighted by molar-refractivity contribution is 9.10. The van der Waals surface area contributed by atoms with E-state index in [4.69, 9.17) is 16.3 Å². The number of hydrogen-bond donors (Lipinski definition) is 0. The van der Waals surface area contributed by atoms with Gasteiger partial charge in [0.2, 0.25) is 0 Å². The predicted octanol–water partition coefficient (Wildman–Crippen LogP) is 3.61. The Morgan fingerprint density at radius 2 is 2.12 bits per heavy atom. The summed E-state index contributed by atoms with van der Waals surface area (Å²) < 4.78 is 19.1. The molecule has 0 atom stereocenters. The third-order valence-electron chi connectivity index (χ3n) is 1.94. The number of benzene rings is 1. The number of ether oxygens (including phenoxy) is 1. The zero-order chi connectivity index (χ0) is 12.3. The third kappa shape index (κ3) is 3.38. The van der Waals surface area contributed by atoms with Crippen molar-refractivity contribution in [3.05, 3.63) is 51.7 Å². The number of halogens is 3. The minimum absolute atomic E-state index is 0.201. The fourth-order valence-electron chi connectivity index (χ4n) is 1.15. The van der Waals surface area contributed by atoms with Crippen LogP contribution in [0.1, 0.15) is 5.69 Å². The highest BCUT2D eigenvalue weighted by Gasteiger charge is 2.04. The molecule has 0 amide bonds. The molecular formula is C11H7BrClFN2O. The molecule has 88 valence electrons. The van der Waals surface area contributed by atoms with E-state index in [1.54, 1.807) is 6.07 Å². The average Bonchev–Trinajstić information content (AvgIpc) is 2.32. The Morgan fingerprint density at radius 1 is 1.29 bits per heavy atom. The normalized spacial score (nSPS) is 10.3. The number of hydrogen-bond acceptors (Lipinski definition) is 3. The van der Waals surface area contributed by atoms with Crippen molar-refractivity contribution >= 4 is 27.5 Å². The van der Waals surface area contributed by atoms with Crippen molar-refractivity contribution in [3.63, 3.8) is 0 Å². The molecule has 1 aromatic carbocycles. The molecular weight excluding hydrogens is 310 g/mol. The monoisotopic (exact) mass is 316 g/mol. The van der Waals surface area contributed by atoms with E-state index in [0.717, 1.165) is 0 Å². The number of rotatable bonds is 3. The highest BCUT2D eigenvalue weighted by atomic mass is 79.9. The van der Waals surface area contributed by atoms with Gasteiger partial charge >= 0.3 is 0 Å². The molecule has 0 radical (unpaired) electrons. The maximum absolute atomic E-state index is 13.0. The maximum Gasteiger partial charge on any atom is 0.147 e. The molecule has 1 aromatic heterocycles. The van der Waals surface area contributed by atoms with Gasteiger partial charge in [-0.1, -0.05) is 11.6 Å². The van der Waals surface area contributed by atoms with Gasteiger partial charge in [0.1, 0.15) is 23.3 Å². The summed E-state index contributed by atoms with van der Waals surface area (Å²) in [6.45, 7) is 0.201. The lowest BCUT2D eigenvalue weighted by Crippen LogP contribution is -1.99. The molecule has 6 heteroatoms. The average molecular weight is 318 g/mol. The third-order valence-corrected chi connectivity index (χ3v) is 2.79. The van der Waals surface area contributed by atoms with Gasteiger partial charge in [0, 0.05) is 6.07 Å². The van der Waals surface area contributed by atoms with Crippen LogP contribution < -0.4 is 4.74 Å². The SMILES string of the molecule is Fc1ccc(Br)c(OCc2cnc(Cl)cn2)c1. The molecule has 0 unspecified atom stereocenters. The van der Waals surface area contributed by atoms with Crippen LogP contribution in [-0.4, -0.2) is 9.97 Å². The standard InChI is InChI=1S/C11H7BrClFN2O/c12-9-2-1-7(14)3-10(9)17-6-8-4-16-11(13)5-15-8/h1-5H,6H2. The summed E-state index contributed by atoms with van der Waals surface area (Å²) in [6.07, 6.45) is 2.94. The number of nitrogens with zero attached hydrogens (tertiary/aromatic N) is 2. The van der Waals surface area contributed by atoms with Crippen LogP contribution in [0.4, 0.5) is 4.39 Å². The fourth-order valence-corrected chi connectivity index (χ4v) is 1.61. The van der Waals surface area contributed by atoms with Crippen molar-refractivity contribution in [2.45, 2.75) is 6.61 Å². The summed E-state index contributed by atoms with van der Waals surface area (Å²) >= 11 is 8.87. The summed E-state index contributed by atoms with van der Waals surface area (Å²) in [5.74, 6) is 0.0622. The van der Waals surface area contributed by atoms with E-state index < -0.39 is 0 Å². The Balaban J connectivity index is 2.07. The Bertz CT molecular complexity index is 521. The lowest BCUT2D eigenvalue weighted by Gasteiger charge is -2.07. The smallest absolute Gasteiger partial charge is 0.147 e. The first-order valence-corrected chi connectivity index (χ1v) is 5.86. The molecule has 1 heterocycles. The van der Waals surface area contributed by atoms with E-state index in [1.165, 1.54) is 24.5 Å². The summed E-state index contributed by atoms with van der Waals surface area (Å²) in [5, 5.41) is 0.320. The first-order chi connectivity index (χ1) is 8.15. The topological polar surface area (TPSA) is 35.0 Å². The van der Waals surface area contributed by atoms with E-state index in [1.807, 2.05) is 0 Å². The second-order valence-electron chi connectivity index (χ2n) is 3.19. The van der Waals surface area contributed by atoms with Crippen molar-refractivity contribution in [2.75, 3.05) is 0 Å². The Kier molecular flexibility index (Phi) is 3.91. The van der Waals surface area contributed by atoms with Gasteiger partial charge in [-0.2, -0.15) is 0 Å². The van der Waals surface area contributed by atoms with E-state index in [2.05, 4.69) is 25.9 Å². The van der Waals surface area contributed by atoms with Crippen molar-refractivity contribution in [2.24, 2.45) is 0 Å². The zero-order valence-electron chi connectivity index (χ0n) is 8.53. The second-order valence-corrected chi connectivity index (χ2v) is 4.44. The molecule has 0 saturated heterocycles. The predicted molar refractivity (Wildman–Crippen MR) is 65.5 cm³/mol. The summed E-state index contributed by atoms with van der Waals surface area (Å²) in [4.78, 5) is 7.89. The molecule has 0 saturated carbocycles. The molecule has 0 N–H and O–H groups in total. The zero-order valence-corrected chi connectivity index (χ0v) is 10.9. The molecule has 0 spiro atoms. The van der Waals surface area contributed by atoms with E-state index in [9.17, 15) is 4.39 Å². The van der Waals surface area contributed by atoms with Crippen LogP contribution in [0.2, 0.25) is 5.15 Å². The quantitative estimate of drug-likeness (QED) is 0.867. The molecule has 2 aromatic rings. The van der Waals surface area contributed by atoms with Crippen molar-refractivity contribution in [1.82, 2.24) is 9.97 Å². The highest BCUT2D eigenvalue weighted by Crippen LogP contribution is 2.26. The number of aromatic nitrogens is 2. The van der Waals surface area contributed by atoms with Crippen LogP contribution in [0, 0.1) is 5.82 Å². The first-order valence-electron chi connectivity index (χ1n) is 4.69. The van der Waals surface area contributed by atoms with Gasteiger partial charge in [0.05, 0.1) is 22.6 Å². The lowest BCUT2D eigenvalue weighted by atomic mass is 10.3. The lowest BCUT2D eigenvalue weighted by molar-refractivity contribution is 0.297. The van der Waals surface area contributed by atoms with Crippen molar-refractivity contribution < 1.29 is 9.13 Å². The summed E-state index contributed by atoms with van der Waals surface area (Å²) in [6, 6.07) is 4.23. The van der Waals surface area contributed by atoms with Gasteiger partial charge in [-0.25, -0.2) is 9.37 Å². The largest absolute Gasteiger partial charge is 0.486 e. The molecule has 0 aliphatic rings. The summed E-state index contributed by atoms with van der Waals surface area (Å²) in [7, 11) is 0. The fraction of sp³-hybridized carbons (Fsp3) is 0.0909. The molecule has 17 heavy (non-hydrogen) atoms. The van der Waals surface area contributed by atoms with Crippen LogP contribution >= 0.6 is 27.5 Å². The van der Waals surface area contributed by atoms with E-state index in [-0.39, 0.29) is 12.4 Å². The minimum Gasteiger partial charge on any atom is -0.486 e. The molecule has 0 fully saturated rings. The van der Waals surface area contributed by atoms with Gasteiger partial charge in [-0.15, -0.1) is 0 Å². The van der Waals surface area contributed by atoms with Gasteiger partial charge < -0.3 is 4.74 Å².